The van der Waals surface area contributed by atoms with Gasteiger partial charge in [-0.25, -0.2) is 10.4 Å². The minimum atomic E-state index is -4.08. The van der Waals surface area contributed by atoms with E-state index in [4.69, 9.17) is 16.2 Å². The number of benzene rings is 3. The number of nitrogens with one attached hydrogen (secondary N) is 1. The lowest BCUT2D eigenvalue weighted by Gasteiger charge is -2.31. The molecule has 1 atom stereocenters. The van der Waals surface area contributed by atoms with Crippen LogP contribution in [-0.2, 0) is 22.1 Å². The van der Waals surface area contributed by atoms with Crippen LogP contribution in [0.1, 0.15) is 137 Å². The normalized spacial score (nSPS) is 16.3. The van der Waals surface area contributed by atoms with Crippen molar-refractivity contribution in [3.63, 3.8) is 0 Å². The van der Waals surface area contributed by atoms with Crippen molar-refractivity contribution in [1.29, 1.82) is 0 Å². The summed E-state index contributed by atoms with van der Waals surface area (Å²) in [5.41, 5.74) is 7.83. The number of unbranched alkanes of at least 4 members (excludes halogenated alkanes) is 11. The number of hydrogen-bond acceptors (Lipinski definition) is 6. The molecule has 5 rings (SSSR count). The molecule has 0 saturated heterocycles. The smallest absolute Gasteiger partial charge is 0.294 e. The molecular formula is C40H54ClN3O5S. The summed E-state index contributed by atoms with van der Waals surface area (Å²) in [5, 5.41) is 1.59. The number of nitrogens with zero attached hydrogens (tertiary/aromatic N) is 2. The highest BCUT2D eigenvalue weighted by Crippen LogP contribution is 2.45. The van der Waals surface area contributed by atoms with E-state index < -0.39 is 10.1 Å². The number of rotatable bonds is 17. The van der Waals surface area contributed by atoms with E-state index in [1.54, 1.807) is 24.3 Å². The zero-order valence-electron chi connectivity index (χ0n) is 30.1. The molecule has 50 heavy (non-hydrogen) atoms. The number of amides is 2. The molecule has 0 fully saturated rings. The summed E-state index contributed by atoms with van der Waals surface area (Å²) in [4.78, 5) is 27.8. The molecule has 0 saturated carbocycles. The van der Waals surface area contributed by atoms with Crippen molar-refractivity contribution in [2.45, 2.75) is 128 Å². The number of anilines is 1. The molecule has 2 aliphatic rings. The van der Waals surface area contributed by atoms with Gasteiger partial charge in [-0.2, -0.15) is 8.42 Å². The molecule has 0 aromatic heterocycles. The van der Waals surface area contributed by atoms with Crippen LogP contribution in [0.2, 0.25) is 5.02 Å². The number of carbonyl (C=O) groups is 2. The SMILES string of the molecule is CCCCCCCCCCCCCCN1c2ccc(CNN3C(=O)c4ccccc4C3=O)cc2C(C)(C)C1C.O=S(=O)(O)c1ccc(Cl)cc1. The van der Waals surface area contributed by atoms with Crippen LogP contribution in [0.3, 0.4) is 0 Å². The molecular weight excluding hydrogens is 670 g/mol. The van der Waals surface area contributed by atoms with Gasteiger partial charge in [0.1, 0.15) is 0 Å². The number of imide groups is 1. The summed E-state index contributed by atoms with van der Waals surface area (Å²) in [7, 11) is -4.08. The quantitative estimate of drug-likeness (QED) is 0.0811. The summed E-state index contributed by atoms with van der Waals surface area (Å²) in [6.45, 7) is 10.8. The molecule has 3 aromatic rings. The predicted octanol–water partition coefficient (Wildman–Crippen LogP) is 9.76. The first-order chi connectivity index (χ1) is 23.9. The molecule has 0 radical (unpaired) electrons. The van der Waals surface area contributed by atoms with Gasteiger partial charge >= 0.3 is 0 Å². The Kier molecular flexibility index (Phi) is 14.5. The second-order valence-electron chi connectivity index (χ2n) is 14.1. The largest absolute Gasteiger partial charge is 0.368 e. The van der Waals surface area contributed by atoms with Crippen LogP contribution in [0, 0.1) is 0 Å². The lowest BCUT2D eigenvalue weighted by Crippen LogP contribution is -2.41. The standard InChI is InChI=1S/C34H49N3O2.C6H5ClO3S/c1-5-6-7-8-9-10-11-12-13-14-15-18-23-36-26(2)34(3,4)30-24-27(21-22-31(30)36)25-35-37-32(38)28-19-16-17-20-29(28)33(37)39;7-5-1-3-6(4-2-5)11(8,9)10/h16-17,19-22,24,26,35H,5-15,18,23,25H2,1-4H3;1-4H,(H,8,9,10). The Balaban J connectivity index is 0.000000435. The lowest BCUT2D eigenvalue weighted by atomic mass is 9.81. The molecule has 0 bridgehead atoms. The zero-order valence-corrected chi connectivity index (χ0v) is 31.7. The molecule has 8 nitrogen and oxygen atoms in total. The number of carbonyl (C=O) groups excluding carboxylic acids is 2. The number of hydrazine groups is 1. The van der Waals surface area contributed by atoms with Gasteiger partial charge in [-0.1, -0.05) is 127 Å². The fourth-order valence-electron chi connectivity index (χ4n) is 6.83. The van der Waals surface area contributed by atoms with Gasteiger partial charge in [0, 0.05) is 35.3 Å². The monoisotopic (exact) mass is 723 g/mol. The summed E-state index contributed by atoms with van der Waals surface area (Å²) in [6.07, 6.45) is 16.4. The van der Waals surface area contributed by atoms with E-state index in [-0.39, 0.29) is 22.1 Å². The highest BCUT2D eigenvalue weighted by Gasteiger charge is 2.41. The summed E-state index contributed by atoms with van der Waals surface area (Å²) in [5.74, 6) is -0.557. The molecule has 2 N–H and O–H groups in total. The zero-order chi connectivity index (χ0) is 36.3. The molecule has 2 aliphatic heterocycles. The van der Waals surface area contributed by atoms with Crippen LogP contribution >= 0.6 is 11.6 Å². The maximum atomic E-state index is 12.7. The Morgan fingerprint density at radius 2 is 1.30 bits per heavy atom. The van der Waals surface area contributed by atoms with E-state index >= 15 is 0 Å². The predicted molar refractivity (Wildman–Crippen MR) is 202 cm³/mol. The van der Waals surface area contributed by atoms with Crippen molar-refractivity contribution in [3.05, 3.63) is 94.0 Å². The maximum Gasteiger partial charge on any atom is 0.294 e. The van der Waals surface area contributed by atoms with Crippen LogP contribution in [0.5, 0.6) is 0 Å². The summed E-state index contributed by atoms with van der Waals surface area (Å²) >= 11 is 5.49. The fraction of sp³-hybridized carbons (Fsp3) is 0.500. The maximum absolute atomic E-state index is 12.7. The fourth-order valence-corrected chi connectivity index (χ4v) is 7.44. The first kappa shape index (κ1) is 39.5. The van der Waals surface area contributed by atoms with Gasteiger partial charge in [-0.15, -0.1) is 0 Å². The van der Waals surface area contributed by atoms with Gasteiger partial charge in [-0.3, -0.25) is 14.1 Å². The van der Waals surface area contributed by atoms with Crippen LogP contribution in [-0.4, -0.2) is 42.4 Å². The summed E-state index contributed by atoms with van der Waals surface area (Å²) in [6, 6.07) is 19.3. The molecule has 1 unspecified atom stereocenters. The van der Waals surface area contributed by atoms with E-state index in [1.165, 1.54) is 113 Å². The number of halogens is 1. The van der Waals surface area contributed by atoms with Crippen LogP contribution in [0.25, 0.3) is 0 Å². The number of hydrogen-bond donors (Lipinski definition) is 2. The molecule has 10 heteroatoms. The lowest BCUT2D eigenvalue weighted by molar-refractivity contribution is 0.0562. The average molecular weight is 724 g/mol. The van der Waals surface area contributed by atoms with Crippen LogP contribution in [0.4, 0.5) is 5.69 Å². The molecule has 2 amide bonds. The Bertz CT molecular complexity index is 1660. The van der Waals surface area contributed by atoms with E-state index in [1.807, 2.05) is 0 Å². The van der Waals surface area contributed by atoms with E-state index in [0.717, 1.165) is 17.1 Å². The third-order valence-corrected chi connectivity index (χ3v) is 11.3. The van der Waals surface area contributed by atoms with Crippen molar-refractivity contribution in [1.82, 2.24) is 10.4 Å². The van der Waals surface area contributed by atoms with Crippen molar-refractivity contribution in [3.8, 4) is 0 Å². The first-order valence-corrected chi connectivity index (χ1v) is 20.0. The van der Waals surface area contributed by atoms with Gasteiger partial charge < -0.3 is 4.90 Å². The molecule has 0 spiro atoms. The Labute approximate surface area is 304 Å². The van der Waals surface area contributed by atoms with Gasteiger partial charge in [0.25, 0.3) is 21.9 Å². The Morgan fingerprint density at radius 3 is 1.82 bits per heavy atom. The Morgan fingerprint density at radius 1 is 0.780 bits per heavy atom. The van der Waals surface area contributed by atoms with Crippen molar-refractivity contribution in [2.75, 3.05) is 11.4 Å². The first-order valence-electron chi connectivity index (χ1n) is 18.2. The van der Waals surface area contributed by atoms with Gasteiger partial charge in [0.2, 0.25) is 0 Å². The highest BCUT2D eigenvalue weighted by molar-refractivity contribution is 7.85. The van der Waals surface area contributed by atoms with E-state index in [9.17, 15) is 18.0 Å². The minimum absolute atomic E-state index is 0.0397. The van der Waals surface area contributed by atoms with Crippen molar-refractivity contribution < 1.29 is 22.6 Å². The Hall–Kier alpha value is -3.24. The van der Waals surface area contributed by atoms with Crippen LogP contribution in [0.15, 0.2) is 71.6 Å². The van der Waals surface area contributed by atoms with Gasteiger partial charge in [0.15, 0.2) is 0 Å². The van der Waals surface area contributed by atoms with Gasteiger partial charge in [-0.05, 0) is 66.9 Å². The topological polar surface area (TPSA) is 107 Å². The molecule has 2 heterocycles. The van der Waals surface area contributed by atoms with E-state index in [2.05, 4.69) is 56.2 Å². The molecule has 3 aromatic carbocycles. The third kappa shape index (κ3) is 10.2. The average Bonchev–Trinajstić information content (AvgIpc) is 3.44. The minimum Gasteiger partial charge on any atom is -0.368 e. The van der Waals surface area contributed by atoms with E-state index in [0.29, 0.717) is 28.7 Å². The van der Waals surface area contributed by atoms with Crippen LogP contribution < -0.4 is 10.3 Å². The second-order valence-corrected chi connectivity index (χ2v) is 15.9. The summed E-state index contributed by atoms with van der Waals surface area (Å²) < 4.78 is 29.4. The van der Waals surface area contributed by atoms with Crippen molar-refractivity contribution in [2.24, 2.45) is 0 Å². The van der Waals surface area contributed by atoms with Crippen molar-refractivity contribution >= 4 is 39.2 Å². The second kappa shape index (κ2) is 18.3. The molecule has 272 valence electrons. The molecule has 0 aliphatic carbocycles. The van der Waals surface area contributed by atoms with Gasteiger partial charge in [0.05, 0.1) is 16.0 Å². The third-order valence-electron chi connectivity index (χ3n) is 10.2. The number of fused-ring (bicyclic) bond motifs is 2. The highest BCUT2D eigenvalue weighted by atomic mass is 35.5.